The van der Waals surface area contributed by atoms with Gasteiger partial charge in [0.1, 0.15) is 6.73 Å². The maximum absolute atomic E-state index is 13.0. The van der Waals surface area contributed by atoms with E-state index in [0.29, 0.717) is 39.1 Å². The number of benzene rings is 2. The monoisotopic (exact) mass is 915 g/mol. The van der Waals surface area contributed by atoms with Crippen LogP contribution in [0.25, 0.3) is 0 Å². The second-order valence-corrected chi connectivity index (χ2v) is 17.5. The van der Waals surface area contributed by atoms with Crippen molar-refractivity contribution in [1.29, 1.82) is 0 Å². The van der Waals surface area contributed by atoms with E-state index < -0.39 is 30.9 Å². The third-order valence-electron chi connectivity index (χ3n) is 12.5. The molecule has 3 fully saturated rings. The van der Waals surface area contributed by atoms with Gasteiger partial charge in [0.25, 0.3) is 0 Å². The molecule has 15 nitrogen and oxygen atoms in total. The molecule has 0 spiro atoms. The Morgan fingerprint density at radius 3 is 1.62 bits per heavy atom. The standard InChI is InChI=1S/C49H72N4O11.Na/c1-60-49(59)39-16-18-40(19-17-39)51-45(54)14-8-29-61-42-24-26-44(27-25-42)64-36-50-46(55)34-53(35-48(57)58)47(56)15-9-30-62-41-20-22-43(23-21-41)63-31-28-52(32-37-10-4-2-5-11-37)33-38-12-6-3-7-13-38;/h2-7,10-13,39-44H,8-9,14-36H2,1H3,(H,50,55)(H,51,54)(H,57,58);/q;+1/p-1. The number of amides is 3. The molecule has 2 aromatic rings. The topological polar surface area (TPSA) is 185 Å². The van der Waals surface area contributed by atoms with Crippen molar-refractivity contribution in [3.05, 3.63) is 71.8 Å². The zero-order chi connectivity index (χ0) is 45.4. The number of aliphatic carboxylic acids is 1. The molecule has 3 saturated carbocycles. The first kappa shape index (κ1) is 54.2. The van der Waals surface area contributed by atoms with E-state index in [1.54, 1.807) is 0 Å². The summed E-state index contributed by atoms with van der Waals surface area (Å²) in [5.74, 6) is -2.64. The van der Waals surface area contributed by atoms with E-state index in [1.165, 1.54) is 18.2 Å². The van der Waals surface area contributed by atoms with Gasteiger partial charge in [0, 0.05) is 51.7 Å². The van der Waals surface area contributed by atoms with Crippen LogP contribution in [0.4, 0.5) is 0 Å². The van der Waals surface area contributed by atoms with Gasteiger partial charge in [-0.3, -0.25) is 24.1 Å². The van der Waals surface area contributed by atoms with E-state index >= 15 is 0 Å². The molecule has 354 valence electrons. The van der Waals surface area contributed by atoms with Crippen LogP contribution >= 0.6 is 0 Å². The molecule has 0 atom stereocenters. The summed E-state index contributed by atoms with van der Waals surface area (Å²) in [5, 5.41) is 17.2. The summed E-state index contributed by atoms with van der Waals surface area (Å²) in [4.78, 5) is 64.6. The van der Waals surface area contributed by atoms with Crippen LogP contribution in [-0.4, -0.2) is 123 Å². The number of carbonyl (C=O) groups is 5. The molecule has 2 N–H and O–H groups in total. The Kier molecular flexibility index (Phi) is 25.7. The van der Waals surface area contributed by atoms with Gasteiger partial charge in [0.2, 0.25) is 17.7 Å². The number of ether oxygens (including phenoxy) is 5. The van der Waals surface area contributed by atoms with Crippen LogP contribution in [0.15, 0.2) is 60.7 Å². The molecule has 3 aliphatic rings. The molecule has 0 bridgehead atoms. The fourth-order valence-corrected chi connectivity index (χ4v) is 8.89. The molecule has 3 aliphatic carbocycles. The van der Waals surface area contributed by atoms with Gasteiger partial charge in [0.05, 0.1) is 63.1 Å². The van der Waals surface area contributed by atoms with Gasteiger partial charge < -0.3 is 49.1 Å². The van der Waals surface area contributed by atoms with Gasteiger partial charge in [-0.2, -0.15) is 0 Å². The van der Waals surface area contributed by atoms with Gasteiger partial charge in [0.15, 0.2) is 0 Å². The second-order valence-electron chi connectivity index (χ2n) is 17.5. The normalized spacial score (nSPS) is 22.0. The van der Waals surface area contributed by atoms with Gasteiger partial charge in [-0.15, -0.1) is 0 Å². The molecule has 0 aromatic heterocycles. The van der Waals surface area contributed by atoms with Gasteiger partial charge in [-0.25, -0.2) is 0 Å². The van der Waals surface area contributed by atoms with Gasteiger partial charge in [-0.1, -0.05) is 60.7 Å². The first-order chi connectivity index (χ1) is 31.1. The molecule has 0 unspecified atom stereocenters. The average Bonchev–Trinajstić information content (AvgIpc) is 3.30. The van der Waals surface area contributed by atoms with Crippen LogP contribution in [0.2, 0.25) is 0 Å². The second kappa shape index (κ2) is 30.8. The maximum Gasteiger partial charge on any atom is 1.00 e. The molecule has 3 amide bonds. The number of hydrogen-bond acceptors (Lipinski definition) is 12. The van der Waals surface area contributed by atoms with E-state index in [9.17, 15) is 29.1 Å². The Morgan fingerprint density at radius 2 is 1.11 bits per heavy atom. The van der Waals surface area contributed by atoms with Crippen molar-refractivity contribution in [1.82, 2.24) is 20.4 Å². The Balaban J connectivity index is 0.00000925. The van der Waals surface area contributed by atoms with Gasteiger partial charge >= 0.3 is 35.5 Å². The van der Waals surface area contributed by atoms with Crippen molar-refractivity contribution in [2.75, 3.05) is 53.3 Å². The number of methoxy groups -OCH3 is 1. The van der Waals surface area contributed by atoms with Crippen LogP contribution in [0, 0.1) is 5.92 Å². The number of rotatable bonds is 27. The van der Waals surface area contributed by atoms with E-state index in [1.807, 2.05) is 12.1 Å². The smallest absolute Gasteiger partial charge is 0.548 e. The number of hydrogen-bond donors (Lipinski definition) is 2. The van der Waals surface area contributed by atoms with Crippen LogP contribution in [0.5, 0.6) is 0 Å². The largest absolute Gasteiger partial charge is 1.00 e. The minimum atomic E-state index is -1.44. The third kappa shape index (κ3) is 21.4. The Bertz CT molecular complexity index is 1640. The number of nitrogens with zero attached hydrogens (tertiary/aromatic N) is 2. The minimum Gasteiger partial charge on any atom is -0.548 e. The number of esters is 1. The number of carboxylic acids is 1. The first-order valence-electron chi connectivity index (χ1n) is 23.5. The summed E-state index contributed by atoms with van der Waals surface area (Å²) in [6.45, 7) is 2.90. The summed E-state index contributed by atoms with van der Waals surface area (Å²) >= 11 is 0. The van der Waals surface area contributed by atoms with Crippen molar-refractivity contribution in [3.8, 4) is 0 Å². The number of carbonyl (C=O) groups excluding carboxylic acids is 5. The molecular formula is C49H71N4NaO11. The molecule has 0 aliphatic heterocycles. The Labute approximate surface area is 407 Å². The first-order valence-corrected chi connectivity index (χ1v) is 23.5. The van der Waals surface area contributed by atoms with Crippen LogP contribution < -0.4 is 45.3 Å². The van der Waals surface area contributed by atoms with Crippen molar-refractivity contribution < 1.29 is 82.3 Å². The summed E-state index contributed by atoms with van der Waals surface area (Å²) < 4.78 is 29.1. The predicted molar refractivity (Wildman–Crippen MR) is 237 cm³/mol. The van der Waals surface area contributed by atoms with Crippen molar-refractivity contribution in [3.63, 3.8) is 0 Å². The maximum atomic E-state index is 13.0. The van der Waals surface area contributed by atoms with Crippen molar-refractivity contribution in [2.24, 2.45) is 5.92 Å². The third-order valence-corrected chi connectivity index (χ3v) is 12.5. The average molecular weight is 915 g/mol. The fourth-order valence-electron chi connectivity index (χ4n) is 8.89. The molecule has 5 rings (SSSR count). The van der Waals surface area contributed by atoms with E-state index in [4.69, 9.17) is 23.7 Å². The zero-order valence-corrected chi connectivity index (χ0v) is 40.8. The predicted octanol–water partition coefficient (Wildman–Crippen LogP) is 1.44. The molecule has 0 saturated heterocycles. The summed E-state index contributed by atoms with van der Waals surface area (Å²) in [5.41, 5.74) is 2.55. The van der Waals surface area contributed by atoms with Gasteiger partial charge in [-0.05, 0) is 101 Å². The van der Waals surface area contributed by atoms with Crippen molar-refractivity contribution >= 4 is 29.7 Å². The quantitative estimate of drug-likeness (QED) is 0.0570. The number of nitrogens with one attached hydrogen (secondary N) is 2. The summed E-state index contributed by atoms with van der Waals surface area (Å²) in [6.07, 6.45) is 11.4. The summed E-state index contributed by atoms with van der Waals surface area (Å²) in [6, 6.07) is 21.1. The SMILES string of the molecule is COC(=O)C1CCC(NC(=O)CCCOC2CCC(OCNC(=O)CN(CC(=O)[O-])C(=O)CCCOC3CCC(OCCN(Cc4ccccc4)Cc4ccccc4)CC3)CC2)CC1.[Na+]. The zero-order valence-electron chi connectivity index (χ0n) is 38.8. The molecule has 65 heavy (non-hydrogen) atoms. The number of carboxylic acid groups (broad SMARTS) is 1. The van der Waals surface area contributed by atoms with E-state index in [-0.39, 0.29) is 91.0 Å². The molecular weight excluding hydrogens is 844 g/mol. The van der Waals surface area contributed by atoms with Crippen LogP contribution in [-0.2, 0) is 60.7 Å². The molecule has 2 aromatic carbocycles. The summed E-state index contributed by atoms with van der Waals surface area (Å²) in [7, 11) is 1.41. The van der Waals surface area contributed by atoms with E-state index in [2.05, 4.69) is 64.1 Å². The Hall–Kier alpha value is -3.41. The fraction of sp³-hybridized carbons (Fsp3) is 0.653. The van der Waals surface area contributed by atoms with Crippen molar-refractivity contribution in [2.45, 2.75) is 146 Å². The molecule has 0 heterocycles. The van der Waals surface area contributed by atoms with Crippen LogP contribution in [0.1, 0.15) is 114 Å². The molecule has 16 heteroatoms. The van der Waals surface area contributed by atoms with Crippen LogP contribution in [0.3, 0.4) is 0 Å². The molecule has 0 radical (unpaired) electrons. The van der Waals surface area contributed by atoms with E-state index in [0.717, 1.165) is 102 Å². The minimum absolute atomic E-state index is 0. The Morgan fingerprint density at radius 1 is 0.615 bits per heavy atom.